The minimum atomic E-state index is -0.586. The molecule has 1 N–H and O–H groups in total. The fourth-order valence-electron chi connectivity index (χ4n) is 1.13. The predicted octanol–water partition coefficient (Wildman–Crippen LogP) is 1.92. The summed E-state index contributed by atoms with van der Waals surface area (Å²) in [5.41, 5.74) is 0. The van der Waals surface area contributed by atoms with Gasteiger partial charge in [-0.05, 0) is 32.7 Å². The quantitative estimate of drug-likeness (QED) is 0.656. The van der Waals surface area contributed by atoms with E-state index in [1.165, 1.54) is 6.42 Å². The van der Waals surface area contributed by atoms with Crippen LogP contribution >= 0.6 is 0 Å². The standard InChI is InChI=1S/C10H23NOS/c1-4-7-11-10(3)6-9-13(12)8-5-2/h10-11H,4-9H2,1-3H3. The molecule has 0 aromatic rings. The molecule has 0 amide bonds. The van der Waals surface area contributed by atoms with Gasteiger partial charge in [-0.2, -0.15) is 0 Å². The number of hydrogen-bond acceptors (Lipinski definition) is 2. The Bertz CT molecular complexity index is 139. The van der Waals surface area contributed by atoms with Gasteiger partial charge in [0.2, 0.25) is 0 Å². The van der Waals surface area contributed by atoms with Crippen LogP contribution in [0.15, 0.2) is 0 Å². The van der Waals surface area contributed by atoms with Gasteiger partial charge >= 0.3 is 0 Å². The Morgan fingerprint density at radius 2 is 1.92 bits per heavy atom. The van der Waals surface area contributed by atoms with Crippen LogP contribution in [0.4, 0.5) is 0 Å². The van der Waals surface area contributed by atoms with Gasteiger partial charge in [0.15, 0.2) is 0 Å². The van der Waals surface area contributed by atoms with E-state index in [0.29, 0.717) is 6.04 Å². The van der Waals surface area contributed by atoms with Gasteiger partial charge in [0.1, 0.15) is 0 Å². The highest BCUT2D eigenvalue weighted by atomic mass is 32.2. The SMILES string of the molecule is CCCNC(C)CCS(=O)CCC. The largest absolute Gasteiger partial charge is 0.314 e. The lowest BCUT2D eigenvalue weighted by atomic mass is 10.2. The molecule has 0 aromatic heterocycles. The summed E-state index contributed by atoms with van der Waals surface area (Å²) in [6, 6.07) is 0.515. The number of hydrogen-bond donors (Lipinski definition) is 1. The van der Waals surface area contributed by atoms with Crippen LogP contribution in [-0.4, -0.2) is 28.3 Å². The van der Waals surface area contributed by atoms with Gasteiger partial charge in [-0.3, -0.25) is 4.21 Å². The lowest BCUT2D eigenvalue weighted by Crippen LogP contribution is -2.28. The highest BCUT2D eigenvalue weighted by Gasteiger charge is 2.03. The minimum absolute atomic E-state index is 0.515. The third-order valence-electron chi connectivity index (χ3n) is 1.95. The molecule has 13 heavy (non-hydrogen) atoms. The first-order valence-electron chi connectivity index (χ1n) is 5.29. The zero-order valence-corrected chi connectivity index (χ0v) is 9.95. The van der Waals surface area contributed by atoms with E-state index in [9.17, 15) is 4.21 Å². The Balaban J connectivity index is 3.34. The van der Waals surface area contributed by atoms with Crippen LogP contribution in [0.25, 0.3) is 0 Å². The lowest BCUT2D eigenvalue weighted by molar-refractivity contribution is 0.533. The second kappa shape index (κ2) is 8.70. The van der Waals surface area contributed by atoms with Crippen LogP contribution in [0.3, 0.4) is 0 Å². The number of rotatable bonds is 8. The molecule has 3 heteroatoms. The summed E-state index contributed by atoms with van der Waals surface area (Å²) >= 11 is 0. The van der Waals surface area contributed by atoms with Gasteiger partial charge in [-0.15, -0.1) is 0 Å². The van der Waals surface area contributed by atoms with E-state index in [0.717, 1.165) is 30.9 Å². The fourth-order valence-corrected chi connectivity index (χ4v) is 2.41. The van der Waals surface area contributed by atoms with Crippen LogP contribution in [-0.2, 0) is 10.8 Å². The predicted molar refractivity (Wildman–Crippen MR) is 60.5 cm³/mol. The normalized spacial score (nSPS) is 15.6. The molecule has 0 aromatic carbocycles. The molecule has 0 bridgehead atoms. The molecule has 0 aliphatic carbocycles. The van der Waals surface area contributed by atoms with E-state index < -0.39 is 10.8 Å². The zero-order chi connectivity index (χ0) is 10.1. The van der Waals surface area contributed by atoms with Crippen molar-refractivity contribution < 1.29 is 4.21 Å². The van der Waals surface area contributed by atoms with Crippen LogP contribution in [0, 0.1) is 0 Å². The molecule has 2 nitrogen and oxygen atoms in total. The molecule has 0 radical (unpaired) electrons. The van der Waals surface area contributed by atoms with Crippen LogP contribution in [0.1, 0.15) is 40.0 Å². The monoisotopic (exact) mass is 205 g/mol. The van der Waals surface area contributed by atoms with Gasteiger partial charge in [0.05, 0.1) is 0 Å². The van der Waals surface area contributed by atoms with Gasteiger partial charge in [-0.25, -0.2) is 0 Å². The molecule has 2 atom stereocenters. The topological polar surface area (TPSA) is 29.1 Å². The third-order valence-corrected chi connectivity index (χ3v) is 3.51. The summed E-state index contributed by atoms with van der Waals surface area (Å²) < 4.78 is 11.3. The molecule has 0 fully saturated rings. The Morgan fingerprint density at radius 3 is 2.46 bits per heavy atom. The van der Waals surface area contributed by atoms with Crippen molar-refractivity contribution in [2.75, 3.05) is 18.1 Å². The first-order chi connectivity index (χ1) is 6.20. The average Bonchev–Trinajstić information content (AvgIpc) is 2.12. The summed E-state index contributed by atoms with van der Waals surface area (Å²) in [5.74, 6) is 1.71. The van der Waals surface area contributed by atoms with E-state index >= 15 is 0 Å². The van der Waals surface area contributed by atoms with Gasteiger partial charge in [0, 0.05) is 28.3 Å². The Kier molecular flexibility index (Phi) is 8.77. The maximum atomic E-state index is 11.3. The Morgan fingerprint density at radius 1 is 1.23 bits per heavy atom. The highest BCUT2D eigenvalue weighted by Crippen LogP contribution is 1.96. The molecule has 80 valence electrons. The summed E-state index contributed by atoms with van der Waals surface area (Å²) in [4.78, 5) is 0. The maximum Gasteiger partial charge on any atom is 0.0249 e. The molecule has 0 aliphatic heterocycles. The molecule has 2 unspecified atom stereocenters. The second-order valence-electron chi connectivity index (χ2n) is 3.49. The Labute approximate surface area is 84.9 Å². The van der Waals surface area contributed by atoms with Gasteiger partial charge < -0.3 is 5.32 Å². The van der Waals surface area contributed by atoms with E-state index in [-0.39, 0.29) is 0 Å². The molecule has 0 aliphatic rings. The van der Waals surface area contributed by atoms with E-state index in [4.69, 9.17) is 0 Å². The lowest BCUT2D eigenvalue weighted by Gasteiger charge is -2.12. The van der Waals surface area contributed by atoms with E-state index in [1.807, 2.05) is 0 Å². The van der Waals surface area contributed by atoms with Crippen LogP contribution < -0.4 is 5.32 Å². The van der Waals surface area contributed by atoms with Crippen molar-refractivity contribution in [3.63, 3.8) is 0 Å². The van der Waals surface area contributed by atoms with E-state index in [1.54, 1.807) is 0 Å². The smallest absolute Gasteiger partial charge is 0.0249 e. The molecule has 0 rings (SSSR count). The third kappa shape index (κ3) is 8.44. The van der Waals surface area contributed by atoms with Crippen LogP contribution in [0.5, 0.6) is 0 Å². The second-order valence-corrected chi connectivity index (χ2v) is 5.19. The summed E-state index contributed by atoms with van der Waals surface area (Å²) in [6.07, 6.45) is 3.23. The molecular formula is C10H23NOS. The maximum absolute atomic E-state index is 11.3. The Hall–Kier alpha value is 0.110. The van der Waals surface area contributed by atoms with Gasteiger partial charge in [-0.1, -0.05) is 13.8 Å². The molecule has 0 saturated heterocycles. The van der Waals surface area contributed by atoms with Crippen molar-refractivity contribution >= 4 is 10.8 Å². The van der Waals surface area contributed by atoms with Crippen molar-refractivity contribution in [3.8, 4) is 0 Å². The van der Waals surface area contributed by atoms with Crippen molar-refractivity contribution in [1.29, 1.82) is 0 Å². The highest BCUT2D eigenvalue weighted by molar-refractivity contribution is 7.84. The molecule has 0 heterocycles. The van der Waals surface area contributed by atoms with Crippen molar-refractivity contribution in [2.24, 2.45) is 0 Å². The summed E-state index contributed by atoms with van der Waals surface area (Å²) in [6.45, 7) is 7.48. The molecule has 0 saturated carbocycles. The van der Waals surface area contributed by atoms with Crippen LogP contribution in [0.2, 0.25) is 0 Å². The molecular weight excluding hydrogens is 182 g/mol. The van der Waals surface area contributed by atoms with E-state index in [2.05, 4.69) is 26.1 Å². The van der Waals surface area contributed by atoms with Gasteiger partial charge in [0.25, 0.3) is 0 Å². The van der Waals surface area contributed by atoms with Crippen molar-refractivity contribution in [2.45, 2.75) is 46.1 Å². The molecule has 0 spiro atoms. The zero-order valence-electron chi connectivity index (χ0n) is 9.14. The first-order valence-corrected chi connectivity index (χ1v) is 6.77. The fraction of sp³-hybridized carbons (Fsp3) is 1.00. The first kappa shape index (κ1) is 13.1. The number of nitrogens with one attached hydrogen (secondary N) is 1. The summed E-state index contributed by atoms with van der Waals surface area (Å²) in [7, 11) is -0.586. The minimum Gasteiger partial charge on any atom is -0.314 e. The summed E-state index contributed by atoms with van der Waals surface area (Å²) in [5, 5.41) is 3.40. The van der Waals surface area contributed by atoms with Crippen molar-refractivity contribution in [1.82, 2.24) is 5.32 Å². The average molecular weight is 205 g/mol. The van der Waals surface area contributed by atoms with Crippen molar-refractivity contribution in [3.05, 3.63) is 0 Å².